The first kappa shape index (κ1) is 20.5. The Morgan fingerprint density at radius 1 is 0.935 bits per heavy atom. The van der Waals surface area contributed by atoms with Gasteiger partial charge in [-0.05, 0) is 42.5 Å². The van der Waals surface area contributed by atoms with Gasteiger partial charge in [-0.15, -0.1) is 0 Å². The molecule has 8 nitrogen and oxygen atoms in total. The predicted octanol–water partition coefficient (Wildman–Crippen LogP) is 1.56. The van der Waals surface area contributed by atoms with Crippen molar-refractivity contribution in [1.29, 1.82) is 0 Å². The van der Waals surface area contributed by atoms with Crippen molar-refractivity contribution >= 4 is 29.4 Å². The van der Waals surface area contributed by atoms with Crippen molar-refractivity contribution in [3.63, 3.8) is 0 Å². The highest BCUT2D eigenvalue weighted by Gasteiger charge is 2.33. The van der Waals surface area contributed by atoms with E-state index in [4.69, 9.17) is 4.74 Å². The van der Waals surface area contributed by atoms with Gasteiger partial charge in [0.1, 0.15) is 5.82 Å². The third-order valence-electron chi connectivity index (χ3n) is 5.48. The van der Waals surface area contributed by atoms with Crippen molar-refractivity contribution in [1.82, 2.24) is 9.80 Å². The Balaban J connectivity index is 1.30. The van der Waals surface area contributed by atoms with Crippen molar-refractivity contribution in [2.75, 3.05) is 44.7 Å². The van der Waals surface area contributed by atoms with E-state index in [9.17, 15) is 23.6 Å². The number of piperazine rings is 1. The third kappa shape index (κ3) is 3.98. The maximum Gasteiger partial charge on any atom is 0.338 e. The molecule has 0 saturated carbocycles. The summed E-state index contributed by atoms with van der Waals surface area (Å²) in [5.41, 5.74) is 1.36. The zero-order chi connectivity index (χ0) is 22.1. The summed E-state index contributed by atoms with van der Waals surface area (Å²) in [5, 5.41) is 0. The van der Waals surface area contributed by atoms with Crippen LogP contribution in [-0.2, 0) is 9.53 Å². The predicted molar refractivity (Wildman–Crippen MR) is 108 cm³/mol. The molecule has 0 aliphatic carbocycles. The lowest BCUT2D eigenvalue weighted by molar-refractivity contribution is -0.134. The Morgan fingerprint density at radius 2 is 1.58 bits per heavy atom. The van der Waals surface area contributed by atoms with Gasteiger partial charge in [-0.1, -0.05) is 0 Å². The highest BCUT2D eigenvalue weighted by Crippen LogP contribution is 2.23. The van der Waals surface area contributed by atoms with Crippen molar-refractivity contribution in [3.8, 4) is 0 Å². The van der Waals surface area contributed by atoms with Gasteiger partial charge in [-0.3, -0.25) is 19.3 Å². The van der Waals surface area contributed by atoms with Gasteiger partial charge in [0.2, 0.25) is 0 Å². The molecule has 160 valence electrons. The van der Waals surface area contributed by atoms with Crippen LogP contribution in [0.1, 0.15) is 31.1 Å². The van der Waals surface area contributed by atoms with Crippen LogP contribution < -0.4 is 4.90 Å². The molecular weight excluding hydrogens is 405 g/mol. The molecule has 3 amide bonds. The molecule has 2 heterocycles. The van der Waals surface area contributed by atoms with Gasteiger partial charge < -0.3 is 14.5 Å². The number of nitrogens with zero attached hydrogens (tertiary/aromatic N) is 3. The lowest BCUT2D eigenvalue weighted by atomic mass is 10.1. The number of benzene rings is 2. The smallest absolute Gasteiger partial charge is 0.338 e. The zero-order valence-corrected chi connectivity index (χ0v) is 16.8. The second kappa shape index (κ2) is 8.17. The molecule has 31 heavy (non-hydrogen) atoms. The molecule has 0 bridgehead atoms. The molecule has 1 fully saturated rings. The molecule has 9 heteroatoms. The van der Waals surface area contributed by atoms with Crippen molar-refractivity contribution in [2.45, 2.75) is 0 Å². The Morgan fingerprint density at radius 3 is 2.26 bits per heavy atom. The number of imide groups is 1. The number of hydrogen-bond acceptors (Lipinski definition) is 6. The van der Waals surface area contributed by atoms with E-state index in [1.54, 1.807) is 17.0 Å². The first-order chi connectivity index (χ1) is 14.8. The molecular formula is C22H20FN3O5. The minimum atomic E-state index is -0.740. The largest absolute Gasteiger partial charge is 0.452 e. The van der Waals surface area contributed by atoms with E-state index in [1.165, 1.54) is 37.4 Å². The second-order valence-electron chi connectivity index (χ2n) is 7.35. The molecule has 0 spiro atoms. The summed E-state index contributed by atoms with van der Waals surface area (Å²) < 4.78 is 18.2. The molecule has 0 N–H and O–H groups in total. The monoisotopic (exact) mass is 425 g/mol. The SMILES string of the molecule is CN1C(=O)c2ccc(C(=O)OCC(=O)N3CCN(c4ccc(F)cc4)CC3)cc2C1=O. The molecule has 0 radical (unpaired) electrons. The van der Waals surface area contributed by atoms with Crippen molar-refractivity contribution in [3.05, 3.63) is 65.0 Å². The van der Waals surface area contributed by atoms with Crippen LogP contribution >= 0.6 is 0 Å². The summed E-state index contributed by atoms with van der Waals surface area (Å²) in [7, 11) is 1.37. The number of anilines is 1. The molecule has 0 atom stereocenters. The first-order valence-electron chi connectivity index (χ1n) is 9.77. The fraction of sp³-hybridized carbons (Fsp3) is 0.273. The fourth-order valence-electron chi connectivity index (χ4n) is 3.66. The molecule has 1 saturated heterocycles. The summed E-state index contributed by atoms with van der Waals surface area (Å²) in [4.78, 5) is 53.4. The molecule has 2 aliphatic rings. The Hall–Kier alpha value is -3.75. The maximum absolute atomic E-state index is 13.1. The highest BCUT2D eigenvalue weighted by atomic mass is 19.1. The Labute approximate surface area is 177 Å². The average Bonchev–Trinajstić information content (AvgIpc) is 3.01. The summed E-state index contributed by atoms with van der Waals surface area (Å²) in [6.45, 7) is 1.66. The van der Waals surface area contributed by atoms with E-state index >= 15 is 0 Å². The molecule has 0 aromatic heterocycles. The lowest BCUT2D eigenvalue weighted by Gasteiger charge is -2.36. The van der Waals surface area contributed by atoms with Crippen LogP contribution in [0.2, 0.25) is 0 Å². The molecule has 2 aromatic rings. The van der Waals surface area contributed by atoms with Crippen LogP contribution in [0, 0.1) is 5.82 Å². The number of esters is 1. The van der Waals surface area contributed by atoms with Crippen LogP contribution in [0.4, 0.5) is 10.1 Å². The van der Waals surface area contributed by atoms with E-state index in [0.717, 1.165) is 10.6 Å². The quantitative estimate of drug-likeness (QED) is 0.546. The summed E-state index contributed by atoms with van der Waals surface area (Å²) in [6, 6.07) is 10.3. The van der Waals surface area contributed by atoms with Gasteiger partial charge in [-0.25, -0.2) is 9.18 Å². The standard InChI is InChI=1S/C22H20FN3O5/c1-24-20(28)17-7-2-14(12-18(17)21(24)29)22(30)31-13-19(27)26-10-8-25(9-11-26)16-5-3-15(23)4-6-16/h2-7,12H,8-11,13H2,1H3. The number of halogens is 1. The van der Waals surface area contributed by atoms with Crippen LogP contribution in [0.3, 0.4) is 0 Å². The first-order valence-corrected chi connectivity index (χ1v) is 9.77. The van der Waals surface area contributed by atoms with E-state index in [2.05, 4.69) is 4.90 Å². The number of hydrogen-bond donors (Lipinski definition) is 0. The molecule has 4 rings (SSSR count). The number of carbonyl (C=O) groups excluding carboxylic acids is 4. The van der Waals surface area contributed by atoms with Gasteiger partial charge in [0.15, 0.2) is 6.61 Å². The van der Waals surface area contributed by atoms with Crippen LogP contribution in [0.25, 0.3) is 0 Å². The van der Waals surface area contributed by atoms with E-state index < -0.39 is 24.4 Å². The average molecular weight is 425 g/mol. The molecule has 2 aliphatic heterocycles. The van der Waals surface area contributed by atoms with Crippen LogP contribution in [0.5, 0.6) is 0 Å². The number of ether oxygens (including phenoxy) is 1. The summed E-state index contributed by atoms with van der Waals surface area (Å²) in [6.07, 6.45) is 0. The summed E-state index contributed by atoms with van der Waals surface area (Å²) >= 11 is 0. The minimum absolute atomic E-state index is 0.101. The number of amides is 3. The number of fused-ring (bicyclic) bond motifs is 1. The number of rotatable bonds is 4. The van der Waals surface area contributed by atoms with Gasteiger partial charge in [-0.2, -0.15) is 0 Å². The normalized spacial score (nSPS) is 15.9. The maximum atomic E-state index is 13.1. The highest BCUT2D eigenvalue weighted by molar-refractivity contribution is 6.21. The van der Waals surface area contributed by atoms with Gasteiger partial charge in [0, 0.05) is 38.9 Å². The fourth-order valence-corrected chi connectivity index (χ4v) is 3.66. The van der Waals surface area contributed by atoms with Crippen molar-refractivity contribution in [2.24, 2.45) is 0 Å². The van der Waals surface area contributed by atoms with Gasteiger partial charge in [0.25, 0.3) is 17.7 Å². The van der Waals surface area contributed by atoms with E-state index in [0.29, 0.717) is 26.2 Å². The van der Waals surface area contributed by atoms with Gasteiger partial charge >= 0.3 is 5.97 Å². The van der Waals surface area contributed by atoms with Crippen LogP contribution in [-0.4, -0.2) is 73.3 Å². The Kier molecular flexibility index (Phi) is 5.41. The molecule has 0 unspecified atom stereocenters. The van der Waals surface area contributed by atoms with Crippen molar-refractivity contribution < 1.29 is 28.3 Å². The molecule has 2 aromatic carbocycles. The van der Waals surface area contributed by atoms with Crippen LogP contribution in [0.15, 0.2) is 42.5 Å². The zero-order valence-electron chi connectivity index (χ0n) is 16.8. The lowest BCUT2D eigenvalue weighted by Crippen LogP contribution is -2.49. The van der Waals surface area contributed by atoms with Gasteiger partial charge in [0.05, 0.1) is 16.7 Å². The number of carbonyl (C=O) groups is 4. The summed E-state index contributed by atoms with van der Waals surface area (Å²) in [5.74, 6) is -2.26. The second-order valence-corrected chi connectivity index (χ2v) is 7.35. The van der Waals surface area contributed by atoms with E-state index in [-0.39, 0.29) is 28.4 Å². The third-order valence-corrected chi connectivity index (χ3v) is 5.48. The minimum Gasteiger partial charge on any atom is -0.452 e. The Bertz CT molecular complexity index is 1060. The van der Waals surface area contributed by atoms with E-state index in [1.807, 2.05) is 0 Å². The topological polar surface area (TPSA) is 87.2 Å².